The molecule has 2 N–H and O–H groups in total. The smallest absolute Gasteiger partial charge is 0.152 e. The summed E-state index contributed by atoms with van der Waals surface area (Å²) in [5.74, 6) is 0.614. The fourth-order valence-corrected chi connectivity index (χ4v) is 3.34. The van der Waals surface area contributed by atoms with E-state index in [-0.39, 0.29) is 0 Å². The number of nitrogens with one attached hydrogen (secondary N) is 2. The van der Waals surface area contributed by atoms with Gasteiger partial charge in [0.1, 0.15) is 5.82 Å². The van der Waals surface area contributed by atoms with Crippen molar-refractivity contribution < 1.29 is 4.39 Å². The van der Waals surface area contributed by atoms with E-state index in [9.17, 15) is 0 Å². The van der Waals surface area contributed by atoms with Gasteiger partial charge in [0.05, 0.1) is 6.20 Å². The molecule has 1 aromatic carbocycles. The molecule has 1 aliphatic rings. The lowest BCUT2D eigenvalue weighted by molar-refractivity contribution is 0.103. The molecule has 1 aliphatic heterocycles. The minimum absolute atomic E-state index is 0.392. The predicted molar refractivity (Wildman–Crippen MR) is 103 cm³/mol. The van der Waals surface area contributed by atoms with Crippen molar-refractivity contribution >= 4 is 16.6 Å². The van der Waals surface area contributed by atoms with Gasteiger partial charge in [0.15, 0.2) is 5.67 Å². The number of H-pyrrole nitrogens is 1. The molecule has 1 saturated heterocycles. The average Bonchev–Trinajstić information content (AvgIpc) is 3.18. The maximum Gasteiger partial charge on any atom is 0.152 e. The number of aromatic nitrogens is 3. The monoisotopic (exact) mass is 351 g/mol. The SMILES string of the molecule is C=C(Nc1cc2cc(-c3cn[nH]c3)ccc2cn1)C1(F)CCN(C)CC1. The Balaban J connectivity index is 1.57. The Labute approximate surface area is 151 Å². The van der Waals surface area contributed by atoms with E-state index in [1.54, 1.807) is 12.4 Å². The molecule has 0 unspecified atom stereocenters. The van der Waals surface area contributed by atoms with Crippen LogP contribution in [-0.2, 0) is 0 Å². The third kappa shape index (κ3) is 3.20. The molecule has 0 saturated carbocycles. The minimum atomic E-state index is -1.39. The molecule has 1 fully saturated rings. The quantitative estimate of drug-likeness (QED) is 0.746. The van der Waals surface area contributed by atoms with E-state index in [0.29, 0.717) is 24.4 Å². The summed E-state index contributed by atoms with van der Waals surface area (Å²) in [6, 6.07) is 8.08. The second-order valence-corrected chi connectivity index (χ2v) is 6.99. The lowest BCUT2D eigenvalue weighted by atomic mass is 9.90. The van der Waals surface area contributed by atoms with Gasteiger partial charge in [0.25, 0.3) is 0 Å². The molecule has 0 atom stereocenters. The second-order valence-electron chi connectivity index (χ2n) is 6.99. The molecular formula is C20H22FN5. The van der Waals surface area contributed by atoms with Gasteiger partial charge in [-0.05, 0) is 43.0 Å². The summed E-state index contributed by atoms with van der Waals surface area (Å²) in [4.78, 5) is 6.55. The molecule has 3 aromatic rings. The van der Waals surface area contributed by atoms with Gasteiger partial charge < -0.3 is 10.2 Å². The van der Waals surface area contributed by atoms with Gasteiger partial charge in [-0.25, -0.2) is 9.37 Å². The molecule has 5 nitrogen and oxygen atoms in total. The third-order valence-electron chi connectivity index (χ3n) is 5.15. The lowest BCUT2D eigenvalue weighted by Crippen LogP contribution is -2.42. The van der Waals surface area contributed by atoms with Crippen LogP contribution >= 0.6 is 0 Å². The van der Waals surface area contributed by atoms with Crippen LogP contribution in [-0.4, -0.2) is 45.9 Å². The van der Waals surface area contributed by atoms with E-state index in [0.717, 1.165) is 35.0 Å². The number of halogens is 1. The van der Waals surface area contributed by atoms with Crippen LogP contribution in [0.2, 0.25) is 0 Å². The second kappa shape index (κ2) is 6.53. The van der Waals surface area contributed by atoms with E-state index in [2.05, 4.69) is 38.0 Å². The maximum atomic E-state index is 15.2. The van der Waals surface area contributed by atoms with Crippen molar-refractivity contribution in [2.75, 3.05) is 25.5 Å². The zero-order valence-electron chi connectivity index (χ0n) is 14.8. The normalized spacial score (nSPS) is 17.3. The molecule has 4 rings (SSSR count). The Hall–Kier alpha value is -2.73. The summed E-state index contributed by atoms with van der Waals surface area (Å²) in [6.07, 6.45) is 6.34. The summed E-state index contributed by atoms with van der Waals surface area (Å²) in [5, 5.41) is 12.0. The van der Waals surface area contributed by atoms with Gasteiger partial charge in [-0.3, -0.25) is 5.10 Å². The first-order valence-electron chi connectivity index (χ1n) is 8.76. The number of benzene rings is 1. The number of nitrogens with zero attached hydrogens (tertiary/aromatic N) is 3. The van der Waals surface area contributed by atoms with Crippen molar-refractivity contribution in [2.24, 2.45) is 0 Å². The Bertz CT molecular complexity index is 927. The first-order chi connectivity index (χ1) is 12.5. The minimum Gasteiger partial charge on any atom is -0.341 e. The Kier molecular flexibility index (Phi) is 4.20. The average molecular weight is 351 g/mol. The molecular weight excluding hydrogens is 329 g/mol. The van der Waals surface area contributed by atoms with Crippen molar-refractivity contribution in [3.63, 3.8) is 0 Å². The number of likely N-dealkylation sites (tertiary alicyclic amines) is 1. The lowest BCUT2D eigenvalue weighted by Gasteiger charge is -2.35. The fourth-order valence-electron chi connectivity index (χ4n) is 3.34. The molecule has 0 bridgehead atoms. The van der Waals surface area contributed by atoms with Crippen LogP contribution in [0.5, 0.6) is 0 Å². The van der Waals surface area contributed by atoms with Gasteiger partial charge >= 0.3 is 0 Å². The zero-order valence-corrected chi connectivity index (χ0v) is 14.8. The maximum absolute atomic E-state index is 15.2. The number of hydrogen-bond acceptors (Lipinski definition) is 4. The van der Waals surface area contributed by atoms with Gasteiger partial charge in [-0.1, -0.05) is 18.7 Å². The van der Waals surface area contributed by atoms with Crippen LogP contribution in [0, 0.1) is 0 Å². The molecule has 26 heavy (non-hydrogen) atoms. The van der Waals surface area contributed by atoms with E-state index in [4.69, 9.17) is 0 Å². The first-order valence-corrected chi connectivity index (χ1v) is 8.76. The number of piperidine rings is 1. The third-order valence-corrected chi connectivity index (χ3v) is 5.15. The number of pyridine rings is 1. The molecule has 2 aromatic heterocycles. The summed E-state index contributed by atoms with van der Waals surface area (Å²) >= 11 is 0. The molecule has 0 amide bonds. The highest BCUT2D eigenvalue weighted by atomic mass is 19.1. The van der Waals surface area contributed by atoms with Crippen LogP contribution in [0.25, 0.3) is 21.9 Å². The molecule has 0 radical (unpaired) electrons. The summed E-state index contributed by atoms with van der Waals surface area (Å²) in [6.45, 7) is 5.42. The van der Waals surface area contributed by atoms with Gasteiger partial charge in [-0.2, -0.15) is 5.10 Å². The molecule has 0 spiro atoms. The van der Waals surface area contributed by atoms with Crippen molar-refractivity contribution in [2.45, 2.75) is 18.5 Å². The highest BCUT2D eigenvalue weighted by molar-refractivity contribution is 5.88. The van der Waals surface area contributed by atoms with Gasteiger partial charge in [-0.15, -0.1) is 0 Å². The van der Waals surface area contributed by atoms with Crippen molar-refractivity contribution in [3.8, 4) is 11.1 Å². The van der Waals surface area contributed by atoms with Crippen LogP contribution in [0.1, 0.15) is 12.8 Å². The Morgan fingerprint density at radius 3 is 2.73 bits per heavy atom. The van der Waals surface area contributed by atoms with Crippen molar-refractivity contribution in [1.82, 2.24) is 20.1 Å². The van der Waals surface area contributed by atoms with Gasteiger partial charge in [0, 0.05) is 42.1 Å². The molecule has 134 valence electrons. The van der Waals surface area contributed by atoms with Crippen molar-refractivity contribution in [1.29, 1.82) is 0 Å². The standard InChI is InChI=1S/C20H22FN5/c1-14(20(21)5-7-26(2)8-6-20)25-19-10-17-9-15(18-12-23-24-13-18)3-4-16(17)11-22-19/h3-4,9-13H,1,5-8H2,2H3,(H,22,25)(H,23,24). The number of fused-ring (bicyclic) bond motifs is 1. The van der Waals surface area contributed by atoms with E-state index in [1.165, 1.54) is 0 Å². The number of aromatic amines is 1. The fraction of sp³-hybridized carbons (Fsp3) is 0.300. The molecule has 6 heteroatoms. The van der Waals surface area contributed by atoms with Crippen LogP contribution < -0.4 is 5.32 Å². The zero-order chi connectivity index (χ0) is 18.1. The number of alkyl halides is 1. The van der Waals surface area contributed by atoms with E-state index < -0.39 is 5.67 Å². The highest BCUT2D eigenvalue weighted by Gasteiger charge is 2.36. The van der Waals surface area contributed by atoms with E-state index >= 15 is 4.39 Å². The summed E-state index contributed by atoms with van der Waals surface area (Å²) in [7, 11) is 2.01. The van der Waals surface area contributed by atoms with Crippen LogP contribution in [0.3, 0.4) is 0 Å². The number of rotatable bonds is 4. The summed E-state index contributed by atoms with van der Waals surface area (Å²) in [5.41, 5.74) is 1.10. The summed E-state index contributed by atoms with van der Waals surface area (Å²) < 4.78 is 15.2. The Morgan fingerprint density at radius 1 is 1.19 bits per heavy atom. The number of hydrogen-bond donors (Lipinski definition) is 2. The van der Waals surface area contributed by atoms with Crippen molar-refractivity contribution in [3.05, 3.63) is 55.1 Å². The topological polar surface area (TPSA) is 56.8 Å². The first kappa shape index (κ1) is 16.7. The molecule has 0 aliphatic carbocycles. The predicted octanol–water partition coefficient (Wildman–Crippen LogP) is 3.98. The van der Waals surface area contributed by atoms with Crippen LogP contribution in [0.4, 0.5) is 10.2 Å². The largest absolute Gasteiger partial charge is 0.341 e. The highest BCUT2D eigenvalue weighted by Crippen LogP contribution is 2.33. The number of anilines is 1. The van der Waals surface area contributed by atoms with E-state index in [1.807, 2.05) is 31.4 Å². The molecule has 3 heterocycles. The van der Waals surface area contributed by atoms with Crippen LogP contribution in [0.15, 0.2) is 55.1 Å². The van der Waals surface area contributed by atoms with Gasteiger partial charge in [0.2, 0.25) is 0 Å². The number of allylic oxidation sites excluding steroid dienone is 1. The Morgan fingerprint density at radius 2 is 2.00 bits per heavy atom.